The molecule has 1 nitrogen and oxygen atoms in total. The second-order valence-electron chi connectivity index (χ2n) is 3.28. The fourth-order valence-electron chi connectivity index (χ4n) is 1.72. The third kappa shape index (κ3) is 1.07. The summed E-state index contributed by atoms with van der Waals surface area (Å²) >= 11 is 0. The smallest absolute Gasteiger partial charge is 0.0272 e. The van der Waals surface area contributed by atoms with E-state index in [1.54, 1.807) is 0 Å². The van der Waals surface area contributed by atoms with Crippen molar-refractivity contribution in [2.45, 2.75) is 19.4 Å². The number of nitrogens with two attached hydrogens (primary N) is 1. The van der Waals surface area contributed by atoms with E-state index >= 15 is 0 Å². The normalized spacial score (nSPS) is 16.2. The predicted octanol–water partition coefficient (Wildman–Crippen LogP) is 0.671. The molecule has 2 N–H and O–H groups in total. The van der Waals surface area contributed by atoms with Crippen molar-refractivity contribution in [3.63, 3.8) is 0 Å². The number of hydrogen-bond donors (Lipinski definition) is 1. The Morgan fingerprint density at radius 1 is 1.33 bits per heavy atom. The number of hydrogen-bond acceptors (Lipinski definition) is 1. The fourth-order valence-corrected chi connectivity index (χ4v) is 1.72. The van der Waals surface area contributed by atoms with Crippen LogP contribution in [0, 0.1) is 0 Å². The lowest BCUT2D eigenvalue weighted by molar-refractivity contribution is 0.810. The topological polar surface area (TPSA) is 26.0 Å². The Morgan fingerprint density at radius 3 is 2.92 bits per heavy atom. The van der Waals surface area contributed by atoms with Gasteiger partial charge in [-0.3, -0.25) is 0 Å². The first-order valence-electron chi connectivity index (χ1n) is 4.34. The summed E-state index contributed by atoms with van der Waals surface area (Å²) < 4.78 is 0. The summed E-state index contributed by atoms with van der Waals surface area (Å²) in [5.74, 6) is 0. The molecule has 0 bridgehead atoms. The van der Waals surface area contributed by atoms with Gasteiger partial charge in [0.2, 0.25) is 0 Å². The Hall–Kier alpha value is -1.08. The Labute approximate surface area is 72.2 Å². The summed E-state index contributed by atoms with van der Waals surface area (Å²) in [4.78, 5) is 0. The van der Waals surface area contributed by atoms with Crippen molar-refractivity contribution in [1.82, 2.24) is 0 Å². The maximum Gasteiger partial charge on any atom is 0.0272 e. The summed E-state index contributed by atoms with van der Waals surface area (Å²) in [6, 6.07) is 6.47. The van der Waals surface area contributed by atoms with E-state index in [9.17, 15) is 0 Å². The van der Waals surface area contributed by atoms with Gasteiger partial charge < -0.3 is 5.73 Å². The second-order valence-corrected chi connectivity index (χ2v) is 3.28. The summed E-state index contributed by atoms with van der Waals surface area (Å²) in [5.41, 5.74) is 7.12. The second kappa shape index (κ2) is 2.76. The van der Waals surface area contributed by atoms with Crippen LogP contribution >= 0.6 is 0 Å². The van der Waals surface area contributed by atoms with E-state index in [1.165, 1.54) is 16.0 Å². The van der Waals surface area contributed by atoms with Crippen LogP contribution in [0.5, 0.6) is 0 Å². The van der Waals surface area contributed by atoms with Crippen LogP contribution in [0.1, 0.15) is 24.9 Å². The highest BCUT2D eigenvalue weighted by Crippen LogP contribution is 2.03. The average molecular weight is 159 g/mol. The minimum Gasteiger partial charge on any atom is -0.324 e. The third-order valence-corrected chi connectivity index (χ3v) is 2.32. The maximum atomic E-state index is 5.85. The van der Waals surface area contributed by atoms with Crippen LogP contribution in [0.2, 0.25) is 0 Å². The number of rotatable bonds is 1. The zero-order chi connectivity index (χ0) is 8.55. The van der Waals surface area contributed by atoms with Gasteiger partial charge >= 0.3 is 0 Å². The first-order valence-corrected chi connectivity index (χ1v) is 4.34. The molecule has 0 fully saturated rings. The van der Waals surface area contributed by atoms with E-state index < -0.39 is 0 Å². The van der Waals surface area contributed by atoms with Crippen LogP contribution in [0.4, 0.5) is 0 Å². The highest BCUT2D eigenvalue weighted by atomic mass is 14.6. The van der Waals surface area contributed by atoms with Crippen molar-refractivity contribution in [3.8, 4) is 0 Å². The van der Waals surface area contributed by atoms with Gasteiger partial charge in [-0.2, -0.15) is 0 Å². The Morgan fingerprint density at radius 2 is 2.17 bits per heavy atom. The summed E-state index contributed by atoms with van der Waals surface area (Å²) in [5, 5.41) is 2.68. The molecule has 0 aliphatic heterocycles. The molecule has 1 unspecified atom stereocenters. The Kier molecular flexibility index (Phi) is 1.74. The molecule has 0 amide bonds. The molecule has 0 saturated heterocycles. The molecule has 0 saturated carbocycles. The molecule has 0 spiro atoms. The van der Waals surface area contributed by atoms with Crippen molar-refractivity contribution >= 4 is 12.2 Å². The number of fused-ring (bicyclic) bond motifs is 1. The fraction of sp³-hybridized carbons (Fsp3) is 0.273. The van der Waals surface area contributed by atoms with E-state index in [1.807, 2.05) is 6.92 Å². The first-order chi connectivity index (χ1) is 5.79. The van der Waals surface area contributed by atoms with Gasteiger partial charge in [0, 0.05) is 6.04 Å². The van der Waals surface area contributed by atoms with E-state index in [0.29, 0.717) is 0 Å². The maximum absolute atomic E-state index is 5.85. The summed E-state index contributed by atoms with van der Waals surface area (Å²) in [6.07, 6.45) is 5.54. The van der Waals surface area contributed by atoms with Crippen LogP contribution in [0.25, 0.3) is 12.2 Å². The van der Waals surface area contributed by atoms with Crippen molar-refractivity contribution in [1.29, 1.82) is 0 Å². The SMILES string of the molecule is CC(N)c1cccc2c1=CCC=2. The van der Waals surface area contributed by atoms with Crippen LogP contribution in [-0.2, 0) is 0 Å². The zero-order valence-electron chi connectivity index (χ0n) is 7.25. The standard InChI is InChI=1S/C11H13N/c1-8(12)10-6-2-4-9-5-3-7-11(9)10/h2,4-8H,3,12H2,1H3. The zero-order valence-corrected chi connectivity index (χ0v) is 7.25. The third-order valence-electron chi connectivity index (χ3n) is 2.32. The molecule has 12 heavy (non-hydrogen) atoms. The molecule has 1 heteroatoms. The van der Waals surface area contributed by atoms with Gasteiger partial charge in [0.25, 0.3) is 0 Å². The van der Waals surface area contributed by atoms with Crippen molar-refractivity contribution in [2.24, 2.45) is 5.73 Å². The molecular weight excluding hydrogens is 146 g/mol. The lowest BCUT2D eigenvalue weighted by Gasteiger charge is -2.05. The van der Waals surface area contributed by atoms with Crippen LogP contribution in [0.3, 0.4) is 0 Å². The van der Waals surface area contributed by atoms with Gasteiger partial charge in [-0.1, -0.05) is 30.4 Å². The minimum absolute atomic E-state index is 0.141. The average Bonchev–Trinajstić information content (AvgIpc) is 2.49. The van der Waals surface area contributed by atoms with Crippen molar-refractivity contribution in [3.05, 3.63) is 34.2 Å². The minimum atomic E-state index is 0.141. The van der Waals surface area contributed by atoms with Crippen LogP contribution in [-0.4, -0.2) is 0 Å². The predicted molar refractivity (Wildman–Crippen MR) is 51.8 cm³/mol. The first kappa shape index (κ1) is 7.56. The largest absolute Gasteiger partial charge is 0.324 e. The molecule has 1 aliphatic carbocycles. The van der Waals surface area contributed by atoms with Gasteiger partial charge in [0.15, 0.2) is 0 Å². The summed E-state index contributed by atoms with van der Waals surface area (Å²) in [6.45, 7) is 2.03. The Balaban J connectivity index is 2.75. The van der Waals surface area contributed by atoms with Gasteiger partial charge in [0.1, 0.15) is 0 Å². The summed E-state index contributed by atoms with van der Waals surface area (Å²) in [7, 11) is 0. The molecule has 0 radical (unpaired) electrons. The molecular formula is C11H13N. The molecule has 1 aromatic carbocycles. The highest BCUT2D eigenvalue weighted by Gasteiger charge is 2.03. The Bertz CT molecular complexity index is 402. The highest BCUT2D eigenvalue weighted by molar-refractivity contribution is 5.48. The lowest BCUT2D eigenvalue weighted by Crippen LogP contribution is -2.28. The van der Waals surface area contributed by atoms with E-state index in [4.69, 9.17) is 5.73 Å². The monoisotopic (exact) mass is 159 g/mol. The van der Waals surface area contributed by atoms with Crippen molar-refractivity contribution < 1.29 is 0 Å². The molecule has 0 aromatic heterocycles. The molecule has 1 aromatic rings. The molecule has 62 valence electrons. The van der Waals surface area contributed by atoms with Gasteiger partial charge in [-0.25, -0.2) is 0 Å². The molecule has 1 aliphatic rings. The van der Waals surface area contributed by atoms with Gasteiger partial charge in [-0.15, -0.1) is 0 Å². The molecule has 2 rings (SSSR count). The molecule has 0 heterocycles. The van der Waals surface area contributed by atoms with Gasteiger partial charge in [0.05, 0.1) is 0 Å². The van der Waals surface area contributed by atoms with E-state index in [0.717, 1.165) is 6.42 Å². The molecule has 1 atom stereocenters. The number of benzene rings is 1. The quantitative estimate of drug-likeness (QED) is 0.640. The van der Waals surface area contributed by atoms with Crippen LogP contribution in [0.15, 0.2) is 18.2 Å². The van der Waals surface area contributed by atoms with E-state index in [-0.39, 0.29) is 6.04 Å². The van der Waals surface area contributed by atoms with Crippen LogP contribution < -0.4 is 16.2 Å². The van der Waals surface area contributed by atoms with Gasteiger partial charge in [-0.05, 0) is 29.3 Å². The van der Waals surface area contributed by atoms with E-state index in [2.05, 4.69) is 30.4 Å². The van der Waals surface area contributed by atoms with Crippen molar-refractivity contribution in [2.75, 3.05) is 0 Å². The lowest BCUT2D eigenvalue weighted by atomic mass is 10.1.